The van der Waals surface area contributed by atoms with E-state index in [1.165, 1.54) is 11.3 Å². The molecule has 0 aromatic carbocycles. The lowest BCUT2D eigenvalue weighted by atomic mass is 10.2. The van der Waals surface area contributed by atoms with Gasteiger partial charge in [0.05, 0.1) is 10.6 Å². The number of fused-ring (bicyclic) bond motifs is 1. The van der Waals surface area contributed by atoms with Gasteiger partial charge in [0.2, 0.25) is 0 Å². The van der Waals surface area contributed by atoms with E-state index >= 15 is 0 Å². The number of nitrogens with zero attached hydrogens (tertiary/aromatic N) is 1. The van der Waals surface area contributed by atoms with Crippen LogP contribution in [0.15, 0.2) is 15.7 Å². The Morgan fingerprint density at radius 1 is 1.32 bits per heavy atom. The molecule has 0 saturated carbocycles. The Morgan fingerprint density at radius 3 is 2.79 bits per heavy atom. The van der Waals surface area contributed by atoms with Crippen molar-refractivity contribution >= 4 is 27.5 Å². The van der Waals surface area contributed by atoms with Crippen LogP contribution in [0.5, 0.6) is 0 Å². The van der Waals surface area contributed by atoms with E-state index < -0.39 is 11.2 Å². The number of nitrogens with one attached hydrogen (secondary N) is 3. The maximum atomic E-state index is 11.6. The van der Waals surface area contributed by atoms with Gasteiger partial charge in [-0.25, -0.2) is 9.78 Å². The van der Waals surface area contributed by atoms with E-state index in [2.05, 4.69) is 19.9 Å². The van der Waals surface area contributed by atoms with Crippen molar-refractivity contribution in [1.29, 1.82) is 0 Å². The van der Waals surface area contributed by atoms with Crippen molar-refractivity contribution in [2.75, 3.05) is 5.73 Å². The third-order valence-corrected chi connectivity index (χ3v) is 3.91. The number of hydrogen-bond acceptors (Lipinski definition) is 5. The molecule has 0 atom stereocenters. The highest BCUT2D eigenvalue weighted by molar-refractivity contribution is 7.16. The second-order valence-electron chi connectivity index (χ2n) is 4.06. The van der Waals surface area contributed by atoms with Crippen molar-refractivity contribution < 1.29 is 0 Å². The molecule has 98 valence electrons. The Labute approximate surface area is 110 Å². The number of rotatable bonds is 2. The number of aryl methyl sites for hydroxylation is 1. The molecule has 19 heavy (non-hydrogen) atoms. The number of nitrogen functional groups attached to an aromatic ring is 1. The Morgan fingerprint density at radius 2 is 2.11 bits per heavy atom. The number of nitrogens with two attached hydrogens (primary N) is 1. The summed E-state index contributed by atoms with van der Waals surface area (Å²) in [6, 6.07) is 1.93. The first-order valence-corrected chi connectivity index (χ1v) is 6.51. The van der Waals surface area contributed by atoms with Crippen molar-refractivity contribution in [2.24, 2.45) is 0 Å². The molecule has 3 aromatic rings. The lowest BCUT2D eigenvalue weighted by molar-refractivity contribution is 1.07. The van der Waals surface area contributed by atoms with Crippen LogP contribution in [0.3, 0.4) is 0 Å². The van der Waals surface area contributed by atoms with Crippen LogP contribution in [0.4, 0.5) is 5.00 Å². The predicted molar refractivity (Wildman–Crippen MR) is 74.4 cm³/mol. The average molecular weight is 277 g/mol. The summed E-state index contributed by atoms with van der Waals surface area (Å²) in [6.07, 6.45) is 0.881. The van der Waals surface area contributed by atoms with Crippen LogP contribution >= 0.6 is 11.3 Å². The molecule has 0 fully saturated rings. The van der Waals surface area contributed by atoms with E-state index in [0.717, 1.165) is 16.9 Å². The molecule has 3 heterocycles. The molecule has 0 aliphatic carbocycles. The van der Waals surface area contributed by atoms with Crippen LogP contribution in [0.1, 0.15) is 11.8 Å². The van der Waals surface area contributed by atoms with Crippen molar-refractivity contribution in [3.63, 3.8) is 0 Å². The van der Waals surface area contributed by atoms with Gasteiger partial charge in [-0.1, -0.05) is 6.92 Å². The number of aromatic nitrogens is 4. The third-order valence-electron chi connectivity index (χ3n) is 2.81. The maximum absolute atomic E-state index is 11.6. The number of H-pyrrole nitrogens is 3. The van der Waals surface area contributed by atoms with Crippen molar-refractivity contribution in [3.05, 3.63) is 31.8 Å². The lowest BCUT2D eigenvalue weighted by Gasteiger charge is -1.91. The van der Waals surface area contributed by atoms with Crippen molar-refractivity contribution in [1.82, 2.24) is 19.9 Å². The molecule has 0 radical (unpaired) electrons. The summed E-state index contributed by atoms with van der Waals surface area (Å²) in [4.78, 5) is 35.6. The van der Waals surface area contributed by atoms with Crippen molar-refractivity contribution in [3.8, 4) is 11.4 Å². The van der Waals surface area contributed by atoms with Crippen LogP contribution in [-0.2, 0) is 6.42 Å². The Bertz CT molecular complexity index is 869. The summed E-state index contributed by atoms with van der Waals surface area (Å²) >= 11 is 1.49. The second kappa shape index (κ2) is 4.09. The number of aromatic amines is 3. The van der Waals surface area contributed by atoms with Gasteiger partial charge < -0.3 is 10.7 Å². The fourth-order valence-electron chi connectivity index (χ4n) is 1.88. The second-order valence-corrected chi connectivity index (χ2v) is 5.23. The zero-order valence-corrected chi connectivity index (χ0v) is 10.9. The van der Waals surface area contributed by atoms with E-state index in [0.29, 0.717) is 10.8 Å². The molecule has 0 aliphatic rings. The minimum atomic E-state index is -0.580. The van der Waals surface area contributed by atoms with Crippen LogP contribution < -0.4 is 17.0 Å². The summed E-state index contributed by atoms with van der Waals surface area (Å²) < 4.78 is 0. The number of hydrogen-bond donors (Lipinski definition) is 4. The molecule has 0 amide bonds. The average Bonchev–Trinajstić information content (AvgIpc) is 2.92. The van der Waals surface area contributed by atoms with Crippen LogP contribution in [0.2, 0.25) is 0 Å². The smallest absolute Gasteiger partial charge is 0.327 e. The minimum Gasteiger partial charge on any atom is -0.390 e. The summed E-state index contributed by atoms with van der Waals surface area (Å²) in [6.45, 7) is 2.04. The first kappa shape index (κ1) is 11.7. The first-order valence-electron chi connectivity index (χ1n) is 5.69. The maximum Gasteiger partial charge on any atom is 0.327 e. The first-order chi connectivity index (χ1) is 9.08. The van der Waals surface area contributed by atoms with Gasteiger partial charge in [-0.3, -0.25) is 14.8 Å². The molecule has 0 unspecified atom stereocenters. The van der Waals surface area contributed by atoms with E-state index in [-0.39, 0.29) is 11.2 Å². The zero-order valence-electron chi connectivity index (χ0n) is 10.0. The van der Waals surface area contributed by atoms with E-state index in [4.69, 9.17) is 5.73 Å². The quantitative estimate of drug-likeness (QED) is 0.554. The lowest BCUT2D eigenvalue weighted by Crippen LogP contribution is -2.21. The summed E-state index contributed by atoms with van der Waals surface area (Å²) in [5.41, 5.74) is 6.07. The summed E-state index contributed by atoms with van der Waals surface area (Å²) in [5, 5.41) is 0.634. The van der Waals surface area contributed by atoms with Gasteiger partial charge in [0.15, 0.2) is 5.65 Å². The molecule has 8 heteroatoms. The monoisotopic (exact) mass is 277 g/mol. The van der Waals surface area contributed by atoms with Gasteiger partial charge in [-0.15, -0.1) is 11.3 Å². The standard InChI is InChI=1S/C11H11N5O2S/c1-2-4-3-5(7(12)19-4)8-13-6-9(14-8)15-11(18)16-10(6)17/h3H,2,12H2,1H3,(H3,13,14,15,16,17,18). The molecule has 3 rings (SSSR count). The molecule has 0 saturated heterocycles. The fraction of sp³-hybridized carbons (Fsp3) is 0.182. The van der Waals surface area contributed by atoms with Gasteiger partial charge in [0.1, 0.15) is 11.3 Å². The molecule has 3 aromatic heterocycles. The molecular formula is C11H11N5O2S. The Balaban J connectivity index is 2.26. The number of thiophene rings is 1. The minimum absolute atomic E-state index is 0.229. The third kappa shape index (κ3) is 1.85. The van der Waals surface area contributed by atoms with Gasteiger partial charge in [0, 0.05) is 4.88 Å². The fourth-order valence-corrected chi connectivity index (χ4v) is 2.75. The van der Waals surface area contributed by atoms with E-state index in [1.54, 1.807) is 0 Å². The van der Waals surface area contributed by atoms with Gasteiger partial charge in [-0.05, 0) is 12.5 Å². The largest absolute Gasteiger partial charge is 0.390 e. The molecule has 5 N–H and O–H groups in total. The van der Waals surface area contributed by atoms with Crippen LogP contribution in [0.25, 0.3) is 22.6 Å². The topological polar surface area (TPSA) is 120 Å². The summed E-state index contributed by atoms with van der Waals surface area (Å²) in [5.74, 6) is 0.482. The number of anilines is 1. The highest BCUT2D eigenvalue weighted by Gasteiger charge is 2.14. The van der Waals surface area contributed by atoms with E-state index in [9.17, 15) is 9.59 Å². The molecule has 0 bridgehead atoms. The highest BCUT2D eigenvalue weighted by atomic mass is 32.1. The highest BCUT2D eigenvalue weighted by Crippen LogP contribution is 2.32. The Kier molecular flexibility index (Phi) is 2.53. The SMILES string of the molecule is CCc1cc(-c2nc3[nH]c(=O)[nH]c(=O)c3[nH]2)c(N)s1. The van der Waals surface area contributed by atoms with E-state index in [1.807, 2.05) is 13.0 Å². The zero-order chi connectivity index (χ0) is 13.6. The van der Waals surface area contributed by atoms with Gasteiger partial charge in [-0.2, -0.15) is 0 Å². The Hall–Kier alpha value is -2.35. The summed E-state index contributed by atoms with van der Waals surface area (Å²) in [7, 11) is 0. The normalized spacial score (nSPS) is 11.2. The number of imidazole rings is 1. The predicted octanol–water partition coefficient (Wildman–Crippen LogP) is 0.813. The van der Waals surface area contributed by atoms with Crippen LogP contribution in [-0.4, -0.2) is 19.9 Å². The van der Waals surface area contributed by atoms with Crippen molar-refractivity contribution in [2.45, 2.75) is 13.3 Å². The van der Waals surface area contributed by atoms with Crippen LogP contribution in [0, 0.1) is 0 Å². The molecular weight excluding hydrogens is 266 g/mol. The van der Waals surface area contributed by atoms with Gasteiger partial charge in [0.25, 0.3) is 5.56 Å². The molecule has 0 aliphatic heterocycles. The molecule has 7 nitrogen and oxygen atoms in total. The van der Waals surface area contributed by atoms with Gasteiger partial charge >= 0.3 is 5.69 Å². The molecule has 0 spiro atoms.